The molecule has 0 saturated heterocycles. The number of amides is 1. The van der Waals surface area contributed by atoms with Gasteiger partial charge in [0, 0.05) is 43.1 Å². The number of alkyl halides is 3. The van der Waals surface area contributed by atoms with E-state index in [1.807, 2.05) is 41.5 Å². The van der Waals surface area contributed by atoms with E-state index in [-0.39, 0.29) is 12.5 Å². The van der Waals surface area contributed by atoms with E-state index in [2.05, 4.69) is 21.5 Å². The lowest BCUT2D eigenvalue weighted by Gasteiger charge is -2.11. The second kappa shape index (κ2) is 10.3. The van der Waals surface area contributed by atoms with Crippen molar-refractivity contribution < 1.29 is 27.9 Å². The first-order valence-corrected chi connectivity index (χ1v) is 11.0. The van der Waals surface area contributed by atoms with Gasteiger partial charge in [-0.3, -0.25) is 9.48 Å². The first kappa shape index (κ1) is 25.3. The van der Waals surface area contributed by atoms with Gasteiger partial charge in [-0.05, 0) is 43.5 Å². The summed E-state index contributed by atoms with van der Waals surface area (Å²) in [5, 5.41) is 15.6. The highest BCUT2D eigenvalue weighted by molar-refractivity contribution is 7.99. The minimum absolute atomic E-state index is 0.133. The number of halogens is 3. The number of rotatable bonds is 5. The average Bonchev–Trinajstić information content (AvgIpc) is 3.46. The number of hydrogen-bond acceptors (Lipinski definition) is 6. The lowest BCUT2D eigenvalue weighted by Crippen LogP contribution is -2.21. The number of anilines is 1. The van der Waals surface area contributed by atoms with Gasteiger partial charge < -0.3 is 20.7 Å². The lowest BCUT2D eigenvalue weighted by atomic mass is 10.1. The number of aromatic nitrogens is 4. The number of nitrogens with two attached hydrogens (primary N) is 1. The monoisotopic (exact) mass is 496 g/mol. The summed E-state index contributed by atoms with van der Waals surface area (Å²) >= 11 is 1.59. The van der Waals surface area contributed by atoms with Crippen molar-refractivity contribution in [3.05, 3.63) is 53.1 Å². The molecule has 182 valence electrons. The summed E-state index contributed by atoms with van der Waals surface area (Å²) in [7, 11) is 1.97. The number of hydrogen-bond donors (Lipinski definition) is 3. The van der Waals surface area contributed by atoms with Crippen molar-refractivity contribution in [1.82, 2.24) is 19.3 Å². The molecular formula is C21H23F3N6O3S. The van der Waals surface area contributed by atoms with Gasteiger partial charge in [-0.1, -0.05) is 11.8 Å². The van der Waals surface area contributed by atoms with Crippen LogP contribution in [-0.4, -0.2) is 42.5 Å². The second-order valence-corrected chi connectivity index (χ2v) is 8.50. The first-order chi connectivity index (χ1) is 16.0. The van der Waals surface area contributed by atoms with Crippen LogP contribution in [0, 0.1) is 6.92 Å². The number of aryl methyl sites for hydroxylation is 3. The molecule has 0 spiro atoms. The molecule has 1 aliphatic rings. The van der Waals surface area contributed by atoms with Crippen molar-refractivity contribution in [2.45, 2.75) is 49.1 Å². The minimum atomic E-state index is -5.08. The zero-order valence-electron chi connectivity index (χ0n) is 18.4. The zero-order chi connectivity index (χ0) is 25.0. The van der Waals surface area contributed by atoms with Crippen molar-refractivity contribution in [2.24, 2.45) is 12.8 Å². The van der Waals surface area contributed by atoms with Crippen LogP contribution in [0.25, 0.3) is 0 Å². The van der Waals surface area contributed by atoms with Crippen LogP contribution < -0.4 is 11.1 Å². The summed E-state index contributed by atoms with van der Waals surface area (Å²) in [6.07, 6.45) is 0.506. The van der Waals surface area contributed by atoms with Gasteiger partial charge in [-0.2, -0.15) is 18.3 Å². The average molecular weight is 497 g/mol. The summed E-state index contributed by atoms with van der Waals surface area (Å²) < 4.78 is 35.6. The Morgan fingerprint density at radius 1 is 1.32 bits per heavy atom. The predicted octanol–water partition coefficient (Wildman–Crippen LogP) is 3.37. The molecule has 0 aliphatic carbocycles. The smallest absolute Gasteiger partial charge is 0.475 e. The Kier molecular flexibility index (Phi) is 7.67. The van der Waals surface area contributed by atoms with Gasteiger partial charge in [0.05, 0.1) is 17.0 Å². The van der Waals surface area contributed by atoms with Crippen molar-refractivity contribution in [2.75, 3.05) is 5.32 Å². The molecule has 2 aromatic heterocycles. The van der Waals surface area contributed by atoms with E-state index in [0.29, 0.717) is 11.3 Å². The van der Waals surface area contributed by atoms with E-state index in [1.165, 1.54) is 0 Å². The van der Waals surface area contributed by atoms with Gasteiger partial charge in [0.25, 0.3) is 5.91 Å². The molecule has 1 aromatic carbocycles. The highest BCUT2D eigenvalue weighted by Gasteiger charge is 2.38. The van der Waals surface area contributed by atoms with Gasteiger partial charge in [0.15, 0.2) is 5.16 Å². The molecule has 0 fully saturated rings. The maximum Gasteiger partial charge on any atom is 0.490 e. The fourth-order valence-corrected chi connectivity index (χ4v) is 4.27. The van der Waals surface area contributed by atoms with Gasteiger partial charge in [0.1, 0.15) is 0 Å². The number of benzene rings is 1. The maximum absolute atomic E-state index is 12.9. The Morgan fingerprint density at radius 3 is 2.59 bits per heavy atom. The largest absolute Gasteiger partial charge is 0.490 e. The van der Waals surface area contributed by atoms with Crippen LogP contribution >= 0.6 is 11.8 Å². The van der Waals surface area contributed by atoms with Crippen LogP contribution in [0.5, 0.6) is 0 Å². The number of carboxylic acid groups (broad SMARTS) is 1. The van der Waals surface area contributed by atoms with Crippen molar-refractivity contribution in [3.8, 4) is 0 Å². The number of carbonyl (C=O) groups excluding carboxylic acids is 1. The van der Waals surface area contributed by atoms with Crippen LogP contribution in [0.15, 0.2) is 40.6 Å². The van der Waals surface area contributed by atoms with Crippen LogP contribution in [0.1, 0.15) is 33.7 Å². The summed E-state index contributed by atoms with van der Waals surface area (Å²) in [6.45, 7) is 3.11. The fraction of sp³-hybridized carbons (Fsp3) is 0.333. The third kappa shape index (κ3) is 5.78. The molecule has 13 heteroatoms. The van der Waals surface area contributed by atoms with Crippen LogP contribution in [0.2, 0.25) is 0 Å². The predicted molar refractivity (Wildman–Crippen MR) is 119 cm³/mol. The summed E-state index contributed by atoms with van der Waals surface area (Å²) in [5.74, 6) is -2.89. The molecule has 4 N–H and O–H groups in total. The Bertz CT molecular complexity index is 1210. The van der Waals surface area contributed by atoms with Crippen molar-refractivity contribution >= 4 is 29.3 Å². The molecule has 0 bridgehead atoms. The normalized spacial score (nSPS) is 12.6. The SMILES string of the molecule is Cc1cc(Sc2nccn2C)ccc1NC(=O)c1c(CN)nn2c1CCC2.O=C(O)C(F)(F)F. The third-order valence-corrected chi connectivity index (χ3v) is 6.07. The Labute approximate surface area is 197 Å². The van der Waals surface area contributed by atoms with Crippen molar-refractivity contribution in [3.63, 3.8) is 0 Å². The van der Waals surface area contributed by atoms with Crippen molar-refractivity contribution in [1.29, 1.82) is 0 Å². The van der Waals surface area contributed by atoms with E-state index >= 15 is 0 Å². The molecular weight excluding hydrogens is 473 g/mol. The Hall–Kier alpha value is -3.32. The van der Waals surface area contributed by atoms with Crippen LogP contribution in [0.3, 0.4) is 0 Å². The summed E-state index contributed by atoms with van der Waals surface area (Å²) in [6, 6.07) is 5.99. The third-order valence-electron chi connectivity index (χ3n) is 5.01. The number of carbonyl (C=O) groups is 2. The van der Waals surface area contributed by atoms with E-state index in [9.17, 15) is 18.0 Å². The molecule has 0 saturated carbocycles. The van der Waals surface area contributed by atoms with Gasteiger partial charge in [-0.15, -0.1) is 0 Å². The summed E-state index contributed by atoms with van der Waals surface area (Å²) in [5.41, 5.74) is 9.90. The topological polar surface area (TPSA) is 128 Å². The molecule has 1 amide bonds. The second-order valence-electron chi connectivity index (χ2n) is 7.46. The first-order valence-electron chi connectivity index (χ1n) is 10.2. The number of carboxylic acids is 1. The zero-order valence-corrected chi connectivity index (χ0v) is 19.2. The van der Waals surface area contributed by atoms with E-state index in [4.69, 9.17) is 15.6 Å². The molecule has 0 atom stereocenters. The molecule has 0 unspecified atom stereocenters. The van der Waals surface area contributed by atoms with Gasteiger partial charge in [0.2, 0.25) is 0 Å². The van der Waals surface area contributed by atoms with Crippen LogP contribution in [0.4, 0.5) is 18.9 Å². The number of imidazole rings is 1. The van der Waals surface area contributed by atoms with Gasteiger partial charge >= 0.3 is 12.1 Å². The van der Waals surface area contributed by atoms with Gasteiger partial charge in [-0.25, -0.2) is 9.78 Å². The number of aliphatic carboxylic acids is 1. The lowest BCUT2D eigenvalue weighted by molar-refractivity contribution is -0.192. The number of nitrogens with zero attached hydrogens (tertiary/aromatic N) is 4. The Morgan fingerprint density at radius 2 is 2.03 bits per heavy atom. The quantitative estimate of drug-likeness (QED) is 0.494. The number of fused-ring (bicyclic) bond motifs is 1. The standard InChI is InChI=1S/C19H22N6OS.C2HF3O2/c1-12-10-13(27-19-21-7-9-24(19)2)5-6-14(12)22-18(26)17-15(11-20)23-25-8-3-4-16(17)25;3-2(4,5)1(6)7/h5-7,9-10H,3-4,8,11,20H2,1-2H3,(H,22,26);(H,6,7). The molecule has 3 aromatic rings. The molecule has 3 heterocycles. The van der Waals surface area contributed by atoms with E-state index in [1.54, 1.807) is 18.0 Å². The molecule has 1 aliphatic heterocycles. The maximum atomic E-state index is 12.9. The van der Waals surface area contributed by atoms with E-state index in [0.717, 1.165) is 46.4 Å². The highest BCUT2D eigenvalue weighted by atomic mass is 32.2. The number of nitrogens with one attached hydrogen (secondary N) is 1. The molecule has 9 nitrogen and oxygen atoms in total. The Balaban J connectivity index is 0.000000406. The van der Waals surface area contributed by atoms with E-state index < -0.39 is 12.1 Å². The minimum Gasteiger partial charge on any atom is -0.475 e. The van der Waals surface area contributed by atoms with Crippen LogP contribution in [-0.2, 0) is 31.4 Å². The highest BCUT2D eigenvalue weighted by Crippen LogP contribution is 2.30. The fourth-order valence-electron chi connectivity index (χ4n) is 3.37. The molecule has 34 heavy (non-hydrogen) atoms. The summed E-state index contributed by atoms with van der Waals surface area (Å²) in [4.78, 5) is 27.2. The molecule has 4 rings (SSSR count). The molecule has 0 radical (unpaired) electrons.